The molecule has 1 aliphatic heterocycles. The molecule has 10 heteroatoms. The van der Waals surface area contributed by atoms with Crippen molar-refractivity contribution < 1.29 is 17.6 Å². The molecule has 1 aliphatic carbocycles. The molecule has 7 nitrogen and oxygen atoms in total. The Kier molecular flexibility index (Phi) is 4.79. The highest BCUT2D eigenvalue weighted by Crippen LogP contribution is 2.45. The smallest absolute Gasteiger partial charge is 0.194 e. The van der Waals surface area contributed by atoms with E-state index >= 15 is 0 Å². The highest BCUT2D eigenvalue weighted by molar-refractivity contribution is 7.93. The third kappa shape index (κ3) is 3.19. The van der Waals surface area contributed by atoms with Crippen molar-refractivity contribution in [2.24, 2.45) is 10.7 Å². The molecule has 2 aliphatic rings. The molecule has 2 N–H and O–H groups in total. The second kappa shape index (κ2) is 7.21. The predicted octanol–water partition coefficient (Wildman–Crippen LogP) is 3.27. The number of rotatable bonds is 4. The van der Waals surface area contributed by atoms with Crippen LogP contribution in [0.1, 0.15) is 54.2 Å². The molecule has 1 saturated carbocycles. The van der Waals surface area contributed by atoms with Crippen molar-refractivity contribution in [3.8, 4) is 0 Å². The van der Waals surface area contributed by atoms with Crippen molar-refractivity contribution in [2.45, 2.75) is 49.3 Å². The van der Waals surface area contributed by atoms with Crippen LogP contribution in [0.15, 0.2) is 41.0 Å². The highest BCUT2D eigenvalue weighted by Gasteiger charge is 2.55. The van der Waals surface area contributed by atoms with E-state index in [0.717, 1.165) is 17.8 Å². The fraction of sp³-hybridized carbons (Fsp3) is 0.409. The Morgan fingerprint density at radius 1 is 1.31 bits per heavy atom. The zero-order valence-electron chi connectivity index (χ0n) is 17.5. The van der Waals surface area contributed by atoms with Gasteiger partial charge < -0.3 is 5.73 Å². The lowest BCUT2D eigenvalue weighted by Gasteiger charge is -2.39. The van der Waals surface area contributed by atoms with Crippen LogP contribution in [0, 0.1) is 5.82 Å². The number of fused-ring (bicyclic) bond motifs is 1. The van der Waals surface area contributed by atoms with Gasteiger partial charge in [-0.05, 0) is 37.5 Å². The summed E-state index contributed by atoms with van der Waals surface area (Å²) in [6.07, 6.45) is 5.99. The maximum Gasteiger partial charge on any atom is 0.194 e. The number of nitrogens with zero attached hydrogens (tertiary/aromatic N) is 3. The zero-order chi connectivity index (χ0) is 22.7. The summed E-state index contributed by atoms with van der Waals surface area (Å²) in [5, 5.41) is 1.88. The first-order chi connectivity index (χ1) is 15.1. The van der Waals surface area contributed by atoms with Crippen molar-refractivity contribution in [3.05, 3.63) is 58.6 Å². The summed E-state index contributed by atoms with van der Waals surface area (Å²) >= 11 is 1.43. The van der Waals surface area contributed by atoms with Crippen LogP contribution in [0.3, 0.4) is 0 Å². The van der Waals surface area contributed by atoms with E-state index in [1.54, 1.807) is 17.5 Å². The Balaban J connectivity index is 1.49. The Morgan fingerprint density at radius 3 is 2.75 bits per heavy atom. The van der Waals surface area contributed by atoms with Crippen LogP contribution in [0.2, 0.25) is 0 Å². The number of amidine groups is 1. The molecule has 168 valence electrons. The normalized spacial score (nSPS) is 24.1. The summed E-state index contributed by atoms with van der Waals surface area (Å²) in [6, 6.07) is 4.32. The van der Waals surface area contributed by atoms with Crippen LogP contribution in [-0.4, -0.2) is 39.9 Å². The van der Waals surface area contributed by atoms with E-state index in [-0.39, 0.29) is 29.4 Å². The summed E-state index contributed by atoms with van der Waals surface area (Å²) in [4.78, 5) is 22.3. The Bertz CT molecular complexity index is 1340. The van der Waals surface area contributed by atoms with E-state index in [2.05, 4.69) is 9.98 Å². The summed E-state index contributed by atoms with van der Waals surface area (Å²) < 4.78 is 42.1. The van der Waals surface area contributed by atoms with Gasteiger partial charge in [0, 0.05) is 29.8 Å². The van der Waals surface area contributed by atoms with Crippen molar-refractivity contribution >= 4 is 37.8 Å². The molecule has 1 fully saturated rings. The second-order valence-corrected chi connectivity index (χ2v) is 12.0. The van der Waals surface area contributed by atoms with Crippen LogP contribution < -0.4 is 5.73 Å². The van der Waals surface area contributed by atoms with E-state index < -0.39 is 25.9 Å². The van der Waals surface area contributed by atoms with Gasteiger partial charge >= 0.3 is 0 Å². The third-order valence-corrected chi connectivity index (χ3v) is 10.2. The lowest BCUT2D eigenvalue weighted by molar-refractivity contribution is 0.0988. The number of ketones is 1. The molecule has 3 heterocycles. The standard InChI is InChI=1S/C22H23FN4O3S2/c1-21(13-32(29,30)22(19(24)26-21)6-2-3-7-22)15-10-14(4-5-16(15)23)11-18(28)17-12-27-8-9-31-20(27)25-17/h4-5,8-10,12H,2-3,6-7,11,13H2,1H3,(H2,24,26)/t21-/m0/s1. The van der Waals surface area contributed by atoms with Gasteiger partial charge in [-0.1, -0.05) is 18.9 Å². The Hall–Kier alpha value is -2.59. The number of nitrogens with two attached hydrogens (primary N) is 1. The fourth-order valence-corrected chi connectivity index (χ4v) is 8.16. The van der Waals surface area contributed by atoms with Gasteiger partial charge in [-0.2, -0.15) is 0 Å². The molecule has 3 aromatic rings. The van der Waals surface area contributed by atoms with Crippen molar-refractivity contribution in [1.82, 2.24) is 9.38 Å². The van der Waals surface area contributed by atoms with E-state index in [0.29, 0.717) is 24.1 Å². The number of hydrogen-bond donors (Lipinski definition) is 1. The maximum atomic E-state index is 14.9. The first-order valence-electron chi connectivity index (χ1n) is 10.5. The van der Waals surface area contributed by atoms with Gasteiger partial charge in [-0.3, -0.25) is 14.2 Å². The SMILES string of the molecule is C[C@@]1(c2cc(CC(=O)c3cn4ccsc4n3)ccc2F)CS(=O)(=O)C2(CCCC2)C(N)=N1. The lowest BCUT2D eigenvalue weighted by Crippen LogP contribution is -2.56. The molecule has 0 unspecified atom stereocenters. The molecule has 1 aromatic carbocycles. The number of thiazole rings is 1. The number of imidazole rings is 1. The lowest BCUT2D eigenvalue weighted by atomic mass is 9.90. The number of Topliss-reactive ketones (excluding diaryl/α,β-unsaturated/α-hetero) is 1. The number of aliphatic imine (C=N–C) groups is 1. The molecule has 0 radical (unpaired) electrons. The number of aromatic nitrogens is 2. The van der Waals surface area contributed by atoms with Gasteiger partial charge in [-0.25, -0.2) is 17.8 Å². The van der Waals surface area contributed by atoms with E-state index in [9.17, 15) is 17.6 Å². The van der Waals surface area contributed by atoms with Crippen LogP contribution in [0.25, 0.3) is 4.96 Å². The van der Waals surface area contributed by atoms with Crippen LogP contribution in [0.4, 0.5) is 4.39 Å². The molecule has 32 heavy (non-hydrogen) atoms. The molecule has 1 atom stereocenters. The fourth-order valence-electron chi connectivity index (χ4n) is 4.95. The first kappa shape index (κ1) is 21.3. The molecule has 1 spiro atoms. The Labute approximate surface area is 189 Å². The summed E-state index contributed by atoms with van der Waals surface area (Å²) in [6.45, 7) is 1.59. The number of hydrogen-bond acceptors (Lipinski definition) is 7. The quantitative estimate of drug-likeness (QED) is 0.584. The molecular weight excluding hydrogens is 451 g/mol. The maximum absolute atomic E-state index is 14.9. The summed E-state index contributed by atoms with van der Waals surface area (Å²) in [5.74, 6) is -1.01. The van der Waals surface area contributed by atoms with Gasteiger partial charge in [-0.15, -0.1) is 11.3 Å². The number of carbonyl (C=O) groups excluding carboxylic acids is 1. The molecule has 5 rings (SSSR count). The van der Waals surface area contributed by atoms with Gasteiger partial charge in [0.25, 0.3) is 0 Å². The average molecular weight is 475 g/mol. The zero-order valence-corrected chi connectivity index (χ0v) is 19.2. The van der Waals surface area contributed by atoms with Gasteiger partial charge in [0.2, 0.25) is 0 Å². The largest absolute Gasteiger partial charge is 0.386 e. The van der Waals surface area contributed by atoms with E-state index in [1.807, 2.05) is 11.6 Å². The number of benzene rings is 1. The minimum Gasteiger partial charge on any atom is -0.386 e. The monoisotopic (exact) mass is 474 g/mol. The van der Waals surface area contributed by atoms with Crippen molar-refractivity contribution in [1.29, 1.82) is 0 Å². The number of sulfone groups is 1. The second-order valence-electron chi connectivity index (χ2n) is 8.86. The van der Waals surface area contributed by atoms with Gasteiger partial charge in [0.1, 0.15) is 27.6 Å². The molecular formula is C22H23FN4O3S2. The minimum absolute atomic E-state index is 0.0179. The van der Waals surface area contributed by atoms with Crippen LogP contribution >= 0.6 is 11.3 Å². The highest BCUT2D eigenvalue weighted by atomic mass is 32.2. The van der Waals surface area contributed by atoms with Gasteiger partial charge in [0.15, 0.2) is 20.6 Å². The van der Waals surface area contributed by atoms with Crippen LogP contribution in [-0.2, 0) is 21.8 Å². The third-order valence-electron chi connectivity index (χ3n) is 6.67. The van der Waals surface area contributed by atoms with Crippen LogP contribution in [0.5, 0.6) is 0 Å². The number of halogens is 1. The summed E-state index contributed by atoms with van der Waals surface area (Å²) in [7, 11) is -3.63. The Morgan fingerprint density at radius 2 is 2.06 bits per heavy atom. The number of carbonyl (C=O) groups is 1. The molecule has 2 aromatic heterocycles. The topological polar surface area (TPSA) is 107 Å². The summed E-state index contributed by atoms with van der Waals surface area (Å²) in [5.41, 5.74) is 5.90. The molecule has 0 saturated heterocycles. The van der Waals surface area contributed by atoms with Gasteiger partial charge in [0.05, 0.1) is 5.75 Å². The average Bonchev–Trinajstić information content (AvgIpc) is 3.44. The predicted molar refractivity (Wildman–Crippen MR) is 121 cm³/mol. The molecule has 0 bridgehead atoms. The molecule has 0 amide bonds. The minimum atomic E-state index is -3.63. The van der Waals surface area contributed by atoms with E-state index in [4.69, 9.17) is 5.73 Å². The van der Waals surface area contributed by atoms with E-state index in [1.165, 1.54) is 29.5 Å². The van der Waals surface area contributed by atoms with Crippen molar-refractivity contribution in [3.63, 3.8) is 0 Å². The first-order valence-corrected chi connectivity index (χ1v) is 13.0. The van der Waals surface area contributed by atoms with Crippen molar-refractivity contribution in [2.75, 3.05) is 5.75 Å².